The van der Waals surface area contributed by atoms with Crippen LogP contribution in [0.2, 0.25) is 0 Å². The zero-order chi connectivity index (χ0) is 29.6. The molecule has 0 amide bonds. The van der Waals surface area contributed by atoms with E-state index in [1.54, 1.807) is 68.4 Å². The van der Waals surface area contributed by atoms with Gasteiger partial charge in [-0.05, 0) is 85.4 Å². The van der Waals surface area contributed by atoms with Gasteiger partial charge in [0.2, 0.25) is 0 Å². The molecule has 9 nitrogen and oxygen atoms in total. The number of hydrogen-bond donors (Lipinski definition) is 1. The van der Waals surface area contributed by atoms with Gasteiger partial charge in [-0.25, -0.2) is 0 Å². The first-order chi connectivity index (χ1) is 17.2. The van der Waals surface area contributed by atoms with Crippen molar-refractivity contribution in [3.63, 3.8) is 0 Å². The van der Waals surface area contributed by atoms with Crippen molar-refractivity contribution in [3.05, 3.63) is 23.8 Å². The van der Waals surface area contributed by atoms with E-state index in [1.165, 1.54) is 12.1 Å². The molecule has 4 atom stereocenters. The lowest BCUT2D eigenvalue weighted by atomic mass is 9.97. The first kappa shape index (κ1) is 33.1. The largest absolute Gasteiger partial charge is 0.459 e. The third-order valence-corrected chi connectivity index (χ3v) is 6.03. The molecule has 1 aromatic rings. The van der Waals surface area contributed by atoms with Gasteiger partial charge < -0.3 is 24.7 Å². The summed E-state index contributed by atoms with van der Waals surface area (Å²) in [7, 11) is 0. The molecule has 0 aliphatic rings. The summed E-state index contributed by atoms with van der Waals surface area (Å²) in [5.41, 5.74) is 5.10. The van der Waals surface area contributed by atoms with Gasteiger partial charge in [-0.2, -0.15) is 0 Å². The minimum absolute atomic E-state index is 0.0498. The number of hydrogen-bond acceptors (Lipinski definition) is 9. The molecular formula is C29H45NO8. The number of carbonyl (C=O) groups excluding carboxylic acids is 4. The highest BCUT2D eigenvalue weighted by Crippen LogP contribution is 2.33. The van der Waals surface area contributed by atoms with E-state index in [1.807, 2.05) is 13.8 Å². The first-order valence-corrected chi connectivity index (χ1v) is 13.0. The van der Waals surface area contributed by atoms with E-state index < -0.39 is 47.0 Å². The highest BCUT2D eigenvalue weighted by molar-refractivity contribution is 5.81. The number of ether oxygens (including phenoxy) is 4. The monoisotopic (exact) mass is 535 g/mol. The van der Waals surface area contributed by atoms with E-state index in [0.717, 1.165) is 0 Å². The van der Waals surface area contributed by atoms with E-state index in [2.05, 4.69) is 0 Å². The second-order valence-electron chi connectivity index (χ2n) is 12.2. The molecule has 9 heteroatoms. The van der Waals surface area contributed by atoms with Crippen LogP contribution >= 0.6 is 0 Å². The van der Waals surface area contributed by atoms with Crippen molar-refractivity contribution in [3.8, 4) is 11.5 Å². The molecule has 0 aliphatic heterocycles. The van der Waals surface area contributed by atoms with Crippen LogP contribution in [0.15, 0.2) is 18.2 Å². The van der Waals surface area contributed by atoms with Crippen LogP contribution in [0.5, 0.6) is 11.5 Å². The Labute approximate surface area is 226 Å². The molecule has 2 N–H and O–H groups in total. The van der Waals surface area contributed by atoms with Crippen LogP contribution in [0.3, 0.4) is 0 Å². The Hall–Kier alpha value is -2.94. The molecule has 0 bridgehead atoms. The standard InChI is InChI=1S/C29H45NO8/c1-16(2)17(3)24(31)35-18(4)19(5)36-25(32)21(30)14-20-12-13-22(37-26(33)28(6,7)8)23(15-20)38-27(34)29(9,10)11/h12-13,15-19,21H,14,30H2,1-11H3/t17?,18-,19-,21-/m0/s1. The summed E-state index contributed by atoms with van der Waals surface area (Å²) in [4.78, 5) is 49.9. The van der Waals surface area contributed by atoms with Crippen molar-refractivity contribution < 1.29 is 38.1 Å². The number of carbonyl (C=O) groups is 4. The summed E-state index contributed by atoms with van der Waals surface area (Å²) >= 11 is 0. The molecule has 1 aromatic carbocycles. The average molecular weight is 536 g/mol. The van der Waals surface area contributed by atoms with Gasteiger partial charge in [0.1, 0.15) is 18.2 Å². The highest BCUT2D eigenvalue weighted by Gasteiger charge is 2.30. The molecule has 0 heterocycles. The van der Waals surface area contributed by atoms with Crippen LogP contribution in [-0.2, 0) is 35.1 Å². The maximum Gasteiger partial charge on any atom is 0.323 e. The maximum atomic E-state index is 12.7. The predicted molar refractivity (Wildman–Crippen MR) is 143 cm³/mol. The first-order valence-electron chi connectivity index (χ1n) is 13.0. The predicted octanol–water partition coefficient (Wildman–Crippen LogP) is 4.61. The van der Waals surface area contributed by atoms with Crippen molar-refractivity contribution in [2.45, 2.75) is 101 Å². The normalized spacial score (nSPS) is 15.2. The van der Waals surface area contributed by atoms with Gasteiger partial charge in [0.15, 0.2) is 11.5 Å². The number of rotatable bonds is 10. The lowest BCUT2D eigenvalue weighted by molar-refractivity contribution is -0.169. The van der Waals surface area contributed by atoms with Crippen molar-refractivity contribution in [1.29, 1.82) is 0 Å². The second kappa shape index (κ2) is 13.2. The Kier molecular flexibility index (Phi) is 11.5. The molecule has 0 aliphatic carbocycles. The molecular weight excluding hydrogens is 490 g/mol. The van der Waals surface area contributed by atoms with E-state index >= 15 is 0 Å². The van der Waals surface area contributed by atoms with Crippen LogP contribution in [0, 0.1) is 22.7 Å². The highest BCUT2D eigenvalue weighted by atomic mass is 16.6. The van der Waals surface area contributed by atoms with Crippen molar-refractivity contribution in [2.75, 3.05) is 0 Å². The van der Waals surface area contributed by atoms with E-state index in [0.29, 0.717) is 5.56 Å². The van der Waals surface area contributed by atoms with E-state index in [-0.39, 0.29) is 35.7 Å². The van der Waals surface area contributed by atoms with Gasteiger partial charge in [-0.15, -0.1) is 0 Å². The van der Waals surface area contributed by atoms with Gasteiger partial charge in [-0.3, -0.25) is 19.2 Å². The smallest absolute Gasteiger partial charge is 0.323 e. The quantitative estimate of drug-likeness (QED) is 0.337. The summed E-state index contributed by atoms with van der Waals surface area (Å²) in [6, 6.07) is 3.61. The van der Waals surface area contributed by atoms with Crippen LogP contribution in [-0.4, -0.2) is 42.1 Å². The van der Waals surface area contributed by atoms with Crippen molar-refractivity contribution in [1.82, 2.24) is 0 Å². The maximum absolute atomic E-state index is 12.7. The third kappa shape index (κ3) is 10.1. The minimum Gasteiger partial charge on any atom is -0.459 e. The molecule has 38 heavy (non-hydrogen) atoms. The van der Waals surface area contributed by atoms with Gasteiger partial charge in [0.25, 0.3) is 0 Å². The summed E-state index contributed by atoms with van der Waals surface area (Å²) < 4.78 is 21.9. The lowest BCUT2D eigenvalue weighted by Gasteiger charge is -2.24. The zero-order valence-electron chi connectivity index (χ0n) is 24.7. The summed E-state index contributed by atoms with van der Waals surface area (Å²) in [6.45, 7) is 19.2. The fourth-order valence-corrected chi connectivity index (χ4v) is 2.71. The van der Waals surface area contributed by atoms with E-state index in [4.69, 9.17) is 24.7 Å². The van der Waals surface area contributed by atoms with Gasteiger partial charge in [0, 0.05) is 0 Å². The second-order valence-corrected chi connectivity index (χ2v) is 12.2. The van der Waals surface area contributed by atoms with Crippen molar-refractivity contribution in [2.24, 2.45) is 28.4 Å². The van der Waals surface area contributed by atoms with Gasteiger partial charge in [-0.1, -0.05) is 26.8 Å². The SMILES string of the molecule is CC(C)C(C)C(=O)O[C@@H](C)[C@H](C)OC(=O)[C@@H](N)Cc1ccc(OC(=O)C(C)(C)C)c(OC(=O)C(C)(C)C)c1. The average Bonchev–Trinajstić information content (AvgIpc) is 2.78. The molecule has 0 fully saturated rings. The molecule has 0 radical (unpaired) electrons. The Morgan fingerprint density at radius 1 is 0.737 bits per heavy atom. The van der Waals surface area contributed by atoms with Gasteiger partial charge >= 0.3 is 23.9 Å². The van der Waals surface area contributed by atoms with Crippen LogP contribution in [0.1, 0.15) is 81.7 Å². The molecule has 214 valence electrons. The van der Waals surface area contributed by atoms with Crippen LogP contribution < -0.4 is 15.2 Å². The fourth-order valence-electron chi connectivity index (χ4n) is 2.71. The topological polar surface area (TPSA) is 131 Å². The Bertz CT molecular complexity index is 1000. The van der Waals surface area contributed by atoms with Gasteiger partial charge in [0.05, 0.1) is 16.7 Å². The Balaban J connectivity index is 3.00. The summed E-state index contributed by atoms with van der Waals surface area (Å²) in [5, 5.41) is 0. The zero-order valence-corrected chi connectivity index (χ0v) is 24.7. The van der Waals surface area contributed by atoms with Crippen LogP contribution in [0.4, 0.5) is 0 Å². The lowest BCUT2D eigenvalue weighted by Crippen LogP contribution is -2.40. The molecule has 0 saturated heterocycles. The molecule has 1 unspecified atom stereocenters. The number of nitrogens with two attached hydrogens (primary N) is 1. The molecule has 1 rings (SSSR count). The Morgan fingerprint density at radius 3 is 1.63 bits per heavy atom. The fraction of sp³-hybridized carbons (Fsp3) is 0.655. The summed E-state index contributed by atoms with van der Waals surface area (Å²) in [5.74, 6) is -2.07. The number of benzene rings is 1. The molecule has 0 aromatic heterocycles. The third-order valence-electron chi connectivity index (χ3n) is 6.03. The van der Waals surface area contributed by atoms with Crippen LogP contribution in [0.25, 0.3) is 0 Å². The van der Waals surface area contributed by atoms with Crippen molar-refractivity contribution >= 4 is 23.9 Å². The summed E-state index contributed by atoms with van der Waals surface area (Å²) in [6.07, 6.45) is -1.29. The number of esters is 4. The Morgan fingerprint density at radius 2 is 1.18 bits per heavy atom. The minimum atomic E-state index is -1.04. The molecule has 0 spiro atoms. The van der Waals surface area contributed by atoms with E-state index in [9.17, 15) is 19.2 Å². The molecule has 0 saturated carbocycles.